The molecule has 12 aromatic heterocycles. The monoisotopic (exact) mass is 1600 g/mol. The fourth-order valence-corrected chi connectivity index (χ4v) is 28.0. The lowest BCUT2D eigenvalue weighted by atomic mass is 9.95. The van der Waals surface area contributed by atoms with Gasteiger partial charge in [0.05, 0.1) is 59.6 Å². The van der Waals surface area contributed by atoms with E-state index in [4.69, 9.17) is 17.5 Å². The van der Waals surface area contributed by atoms with Gasteiger partial charge in [0.15, 0.2) is 0 Å². The summed E-state index contributed by atoms with van der Waals surface area (Å²) >= 11 is 27.8. The molecular weight excluding hydrogens is 1530 g/mol. The van der Waals surface area contributed by atoms with Gasteiger partial charge in [0.1, 0.15) is 33.7 Å². The Kier molecular flexibility index (Phi) is 21.5. The molecule has 2 unspecified atom stereocenters. The molecule has 2 aromatic carbocycles. The number of unbranched alkanes of at least 4 members (excludes halogenated alkanes) is 10. The molecule has 0 aliphatic rings. The van der Waals surface area contributed by atoms with Gasteiger partial charge in [0.25, 0.3) is 0 Å². The SMILES string of the molecule is CCCCCCCCC(C)Cc1cc(-c2cc3c4nsnc4c4cc(-c5cc(CC(C)C)c(-c6cc(F)c(-c7sc(-c8sc(-c9cc%10c%11nsnc%11c%11cc(-c%12cc(CC(C)C)c(Br)s%12)sc%11c%10s9)cc8CC(C)CCCCCCCC)cc7F)s6)s5)sc4c3s2)sc1Br. The third-order valence-corrected chi connectivity index (χ3v) is 33.7. The zero-order valence-corrected chi connectivity index (χ0v) is 67.0. The molecule has 20 heteroatoms. The molecule has 4 nitrogen and oxygen atoms in total. The van der Waals surface area contributed by atoms with Crippen molar-refractivity contribution in [2.45, 2.75) is 171 Å². The van der Waals surface area contributed by atoms with Crippen LogP contribution < -0.4 is 0 Å². The Morgan fingerprint density at radius 2 is 0.628 bits per heavy atom. The van der Waals surface area contributed by atoms with Crippen LogP contribution in [0.2, 0.25) is 0 Å². The summed E-state index contributed by atoms with van der Waals surface area (Å²) in [6.07, 6.45) is 21.9. The van der Waals surface area contributed by atoms with Crippen LogP contribution in [0, 0.1) is 35.3 Å². The molecule has 0 saturated carbocycles. The molecule has 0 bridgehead atoms. The van der Waals surface area contributed by atoms with Crippen molar-refractivity contribution in [3.05, 3.63) is 102 Å². The van der Waals surface area contributed by atoms with E-state index in [1.807, 2.05) is 68.0 Å². The van der Waals surface area contributed by atoms with Crippen LogP contribution in [0.5, 0.6) is 0 Å². The van der Waals surface area contributed by atoms with E-state index in [0.717, 1.165) is 94.7 Å². The molecule has 0 radical (unpaired) electrons. The Hall–Kier alpha value is -3.06. The van der Waals surface area contributed by atoms with Crippen LogP contribution in [0.1, 0.15) is 168 Å². The summed E-state index contributed by atoms with van der Waals surface area (Å²) in [4.78, 5) is 14.3. The molecule has 94 heavy (non-hydrogen) atoms. The fourth-order valence-electron chi connectivity index (χ4n) is 13.3. The lowest BCUT2D eigenvalue weighted by Gasteiger charge is -2.11. The summed E-state index contributed by atoms with van der Waals surface area (Å²) in [5, 5.41) is 4.59. The molecule has 0 N–H and O–H groups in total. The normalized spacial score (nSPS) is 13.1. The first-order valence-corrected chi connectivity index (χ1v) is 44.4. The van der Waals surface area contributed by atoms with Crippen molar-refractivity contribution in [3.8, 4) is 68.3 Å². The second kappa shape index (κ2) is 29.6. The third kappa shape index (κ3) is 14.1. The van der Waals surface area contributed by atoms with Crippen LogP contribution in [-0.2, 0) is 25.7 Å². The van der Waals surface area contributed by atoms with E-state index >= 15 is 8.78 Å². The first kappa shape index (κ1) is 68.1. The lowest BCUT2D eigenvalue weighted by molar-refractivity contribution is 0.481. The Morgan fingerprint density at radius 3 is 1.01 bits per heavy atom. The number of rotatable bonds is 29. The highest BCUT2D eigenvalue weighted by molar-refractivity contribution is 9.11. The van der Waals surface area contributed by atoms with E-state index in [9.17, 15) is 0 Å². The van der Waals surface area contributed by atoms with Gasteiger partial charge < -0.3 is 0 Å². The average molecular weight is 1600 g/mol. The second-order valence-corrected chi connectivity index (χ2v) is 40.8. The predicted octanol–water partition coefficient (Wildman–Crippen LogP) is 30.7. The fraction of sp³-hybridized carbons (Fsp3) is 0.405. The molecule has 14 aromatic rings. The van der Waals surface area contributed by atoms with Crippen molar-refractivity contribution >= 4 is 231 Å². The molecule has 14 rings (SSSR count). The molecule has 2 atom stereocenters. The van der Waals surface area contributed by atoms with Crippen LogP contribution in [0.15, 0.2) is 68.2 Å². The highest BCUT2D eigenvalue weighted by Gasteiger charge is 2.28. The first-order chi connectivity index (χ1) is 45.6. The summed E-state index contributed by atoms with van der Waals surface area (Å²) < 4.78 is 61.1. The number of thiophene rings is 10. The van der Waals surface area contributed by atoms with Gasteiger partial charge in [-0.15, -0.1) is 113 Å². The first-order valence-electron chi connectivity index (χ1n) is 33.2. The zero-order valence-electron chi connectivity index (χ0n) is 54.0. The Balaban J connectivity index is 0.776. The van der Waals surface area contributed by atoms with Gasteiger partial charge in [-0.05, 0) is 164 Å². The molecule has 0 spiro atoms. The molecule has 0 amide bonds. The van der Waals surface area contributed by atoms with Crippen LogP contribution in [0.4, 0.5) is 8.78 Å². The van der Waals surface area contributed by atoms with Gasteiger partial charge in [-0.1, -0.05) is 145 Å². The maximum atomic E-state index is 17.1. The van der Waals surface area contributed by atoms with Crippen molar-refractivity contribution in [1.29, 1.82) is 0 Å². The molecule has 0 aliphatic carbocycles. The number of fused-ring (bicyclic) bond motifs is 12. The smallest absolute Gasteiger partial charge is 0.143 e. The standard InChI is InChI=1S/C74H74Br2F2N4S12/c1-9-11-13-15-17-19-21-39(7)25-42-28-52(56-32-46-62-63(81-94-80-62)47-33-57(87-69(47)68(46)86-56)53-29-43(24-38(5)6)73(75)91-53)84-66(42)60-36-50(78)72(90-60)71-49(77)35-59(89-71)65-41(23-37(3)4)27-51(83-65)55-31-45-61-64(82-93-79-61)48-34-58(88-70(48)67(45)85-55)54-30-44(74(76)92-54)26-40(8)22-20-18-16-14-12-10-2/h27-40H,9-26H2,1-8H3. The summed E-state index contributed by atoms with van der Waals surface area (Å²) in [5.41, 5.74) is 9.03. The molecule has 0 aliphatic heterocycles. The van der Waals surface area contributed by atoms with E-state index in [1.54, 1.807) is 34.8 Å². The summed E-state index contributed by atoms with van der Waals surface area (Å²) in [7, 11) is 0. The summed E-state index contributed by atoms with van der Waals surface area (Å²) in [6.45, 7) is 18.4. The van der Waals surface area contributed by atoms with Crippen molar-refractivity contribution in [2.24, 2.45) is 23.7 Å². The van der Waals surface area contributed by atoms with Crippen LogP contribution in [-0.4, -0.2) is 17.5 Å². The van der Waals surface area contributed by atoms with Gasteiger partial charge >= 0.3 is 0 Å². The van der Waals surface area contributed by atoms with Crippen LogP contribution >= 0.6 is 169 Å². The van der Waals surface area contributed by atoms with E-state index in [1.165, 1.54) is 218 Å². The number of hydrogen-bond acceptors (Lipinski definition) is 16. The average Bonchev–Trinajstić information content (AvgIpc) is 1.58. The van der Waals surface area contributed by atoms with Crippen molar-refractivity contribution < 1.29 is 8.78 Å². The third-order valence-electron chi connectivity index (χ3n) is 18.0. The highest BCUT2D eigenvalue weighted by Crippen LogP contribution is 2.55. The Bertz CT molecular complexity index is 5000. The Morgan fingerprint density at radius 1 is 0.330 bits per heavy atom. The van der Waals surface area contributed by atoms with Crippen LogP contribution in [0.3, 0.4) is 0 Å². The zero-order chi connectivity index (χ0) is 65.1. The van der Waals surface area contributed by atoms with Crippen LogP contribution in [0.25, 0.3) is 131 Å². The summed E-state index contributed by atoms with van der Waals surface area (Å²) in [6, 6.07) is 22.2. The highest BCUT2D eigenvalue weighted by atomic mass is 79.9. The molecule has 0 saturated heterocycles. The minimum atomic E-state index is -0.375. The van der Waals surface area contributed by atoms with E-state index in [2.05, 4.69) is 136 Å². The lowest BCUT2D eigenvalue weighted by Crippen LogP contribution is -2.00. The van der Waals surface area contributed by atoms with Crippen molar-refractivity contribution in [3.63, 3.8) is 0 Å². The van der Waals surface area contributed by atoms with Gasteiger partial charge in [-0.3, -0.25) is 0 Å². The quantitative estimate of drug-likeness (QED) is 0.0439. The van der Waals surface area contributed by atoms with E-state index in [-0.39, 0.29) is 11.6 Å². The number of halogens is 4. The minimum Gasteiger partial charge on any atom is -0.205 e. The van der Waals surface area contributed by atoms with Gasteiger partial charge in [0.2, 0.25) is 0 Å². The molecule has 12 heterocycles. The van der Waals surface area contributed by atoms with E-state index < -0.39 is 0 Å². The molecule has 0 fully saturated rings. The number of hydrogen-bond donors (Lipinski definition) is 0. The van der Waals surface area contributed by atoms with Gasteiger partial charge in [0, 0.05) is 80.1 Å². The molecular formula is C74H74Br2F2N4S12. The Labute approximate surface area is 615 Å². The van der Waals surface area contributed by atoms with Gasteiger partial charge in [-0.25, -0.2) is 8.78 Å². The van der Waals surface area contributed by atoms with Crippen molar-refractivity contribution in [1.82, 2.24) is 17.5 Å². The second-order valence-electron chi connectivity index (χ2n) is 26.6. The minimum absolute atomic E-state index is 0.364. The largest absolute Gasteiger partial charge is 0.205 e. The number of aromatic nitrogens is 4. The molecule has 490 valence electrons. The number of benzene rings is 2. The van der Waals surface area contributed by atoms with E-state index in [0.29, 0.717) is 33.4 Å². The maximum Gasteiger partial charge on any atom is 0.143 e. The number of nitrogens with zero attached hydrogens (tertiary/aromatic N) is 4. The van der Waals surface area contributed by atoms with Gasteiger partial charge in [-0.2, -0.15) is 17.5 Å². The van der Waals surface area contributed by atoms with Crippen molar-refractivity contribution in [2.75, 3.05) is 0 Å². The summed E-state index contributed by atoms with van der Waals surface area (Å²) in [5.74, 6) is 1.28. The maximum absolute atomic E-state index is 17.1. The predicted molar refractivity (Wildman–Crippen MR) is 429 cm³/mol. The topological polar surface area (TPSA) is 51.6 Å².